The molecule has 0 atom stereocenters. The molecule has 0 unspecified atom stereocenters. The number of amidine groups is 1. The van der Waals surface area contributed by atoms with E-state index in [2.05, 4.69) is 17.2 Å². The fourth-order valence-corrected chi connectivity index (χ4v) is 4.77. The third-order valence-electron chi connectivity index (χ3n) is 5.56. The lowest BCUT2D eigenvalue weighted by Crippen LogP contribution is -2.32. The number of nitrogens with zero attached hydrogens (tertiary/aromatic N) is 2. The number of carbonyl (C=O) groups is 2. The number of anilines is 2. The zero-order chi connectivity index (χ0) is 26.4. The zero-order valence-corrected chi connectivity index (χ0v) is 22.3. The molecule has 1 heterocycles. The average molecular weight is 556 g/mol. The van der Waals surface area contributed by atoms with Gasteiger partial charge in [0.25, 0.3) is 5.91 Å². The van der Waals surface area contributed by atoms with Crippen molar-refractivity contribution in [2.75, 3.05) is 16.0 Å². The van der Waals surface area contributed by atoms with E-state index in [-0.39, 0.29) is 28.2 Å². The van der Waals surface area contributed by atoms with Gasteiger partial charge in [0.15, 0.2) is 5.17 Å². The van der Waals surface area contributed by atoms with Crippen molar-refractivity contribution in [2.45, 2.75) is 26.2 Å². The first-order chi connectivity index (χ1) is 17.9. The summed E-state index contributed by atoms with van der Waals surface area (Å²) < 4.78 is 14.6. The highest BCUT2D eigenvalue weighted by molar-refractivity contribution is 8.14. The Kier molecular flexibility index (Phi) is 9.03. The van der Waals surface area contributed by atoms with E-state index < -0.39 is 11.7 Å². The van der Waals surface area contributed by atoms with Gasteiger partial charge in [-0.1, -0.05) is 78.6 Å². The van der Waals surface area contributed by atoms with Crippen LogP contribution in [0.5, 0.6) is 0 Å². The molecule has 5 nitrogen and oxygen atoms in total. The summed E-state index contributed by atoms with van der Waals surface area (Å²) in [5.41, 5.74) is 2.66. The number of hydrogen-bond acceptors (Lipinski definition) is 4. The van der Waals surface area contributed by atoms with Crippen molar-refractivity contribution in [1.82, 2.24) is 0 Å². The molecule has 0 bridgehead atoms. The third kappa shape index (κ3) is 6.80. The number of thioether (sulfide) groups is 1. The molecule has 1 aliphatic heterocycles. The molecule has 1 aliphatic rings. The van der Waals surface area contributed by atoms with E-state index in [4.69, 9.17) is 23.2 Å². The largest absolute Gasteiger partial charge is 0.325 e. The molecular weight excluding hydrogens is 532 g/mol. The van der Waals surface area contributed by atoms with E-state index in [0.717, 1.165) is 31.0 Å². The van der Waals surface area contributed by atoms with Gasteiger partial charge in [-0.3, -0.25) is 14.5 Å². The average Bonchev–Trinajstić information content (AvgIpc) is 3.19. The molecule has 190 valence electrons. The third-order valence-corrected chi connectivity index (χ3v) is 7.24. The van der Waals surface area contributed by atoms with Crippen molar-refractivity contribution < 1.29 is 14.0 Å². The number of aryl methyl sites for hydroxylation is 1. The van der Waals surface area contributed by atoms with Gasteiger partial charge >= 0.3 is 0 Å². The highest BCUT2D eigenvalue weighted by Crippen LogP contribution is 2.32. The van der Waals surface area contributed by atoms with Gasteiger partial charge in [-0.2, -0.15) is 0 Å². The summed E-state index contributed by atoms with van der Waals surface area (Å²) in [5, 5.41) is 3.77. The van der Waals surface area contributed by atoms with Gasteiger partial charge in [0, 0.05) is 5.69 Å². The van der Waals surface area contributed by atoms with Crippen molar-refractivity contribution in [1.29, 1.82) is 0 Å². The first kappa shape index (κ1) is 26.9. The highest BCUT2D eigenvalue weighted by atomic mass is 35.5. The van der Waals surface area contributed by atoms with Gasteiger partial charge in [0.05, 0.1) is 21.5 Å². The van der Waals surface area contributed by atoms with Gasteiger partial charge in [-0.05, 0) is 66.4 Å². The number of carbonyl (C=O) groups excluding carboxylic acids is 2. The topological polar surface area (TPSA) is 61.8 Å². The maximum Gasteiger partial charge on any atom is 0.283 e. The van der Waals surface area contributed by atoms with Crippen LogP contribution in [0.4, 0.5) is 15.8 Å². The number of hydrogen-bond donors (Lipinski definition) is 1. The van der Waals surface area contributed by atoms with Gasteiger partial charge in [-0.15, -0.1) is 0 Å². The molecular formula is C28H24Cl2FN3O2S. The van der Waals surface area contributed by atoms with Crippen molar-refractivity contribution >= 4 is 69.4 Å². The minimum Gasteiger partial charge on any atom is -0.325 e. The molecule has 1 N–H and O–H groups in total. The Labute approximate surface area is 229 Å². The molecule has 0 saturated heterocycles. The molecule has 2 amide bonds. The summed E-state index contributed by atoms with van der Waals surface area (Å²) in [6.07, 6.45) is 4.78. The number of unbranched alkanes of at least 4 members (excludes halogenated alkanes) is 1. The number of benzene rings is 3. The Morgan fingerprint density at radius 2 is 1.84 bits per heavy atom. The van der Waals surface area contributed by atoms with E-state index in [1.807, 2.05) is 24.3 Å². The standard InChI is InChI=1S/C28H24Cl2FN3O2S/c1-2-3-6-18-9-12-20(13-10-18)32-26(35)17-37-28-33-24(16-19-11-14-21(29)22(30)15-19)27(36)34(28)25-8-5-4-7-23(25)31/h4-5,7-16H,2-3,6,17H2,1H3,(H,32,35). The fraction of sp³-hybridized carbons (Fsp3) is 0.179. The molecule has 0 aliphatic carbocycles. The zero-order valence-electron chi connectivity index (χ0n) is 20.0. The number of halogens is 3. The molecule has 4 rings (SSSR count). The van der Waals surface area contributed by atoms with Gasteiger partial charge in [0.2, 0.25) is 5.91 Å². The quantitative estimate of drug-likeness (QED) is 0.291. The maximum atomic E-state index is 14.6. The highest BCUT2D eigenvalue weighted by Gasteiger charge is 2.34. The van der Waals surface area contributed by atoms with Gasteiger partial charge in [-0.25, -0.2) is 9.38 Å². The minimum absolute atomic E-state index is 0.0191. The summed E-state index contributed by atoms with van der Waals surface area (Å²) >= 11 is 13.1. The van der Waals surface area contributed by atoms with Crippen LogP contribution in [0.15, 0.2) is 77.4 Å². The SMILES string of the molecule is CCCCc1ccc(NC(=O)CSC2=NC(=Cc3ccc(Cl)c(Cl)c3)C(=O)N2c2ccccc2F)cc1. The first-order valence-corrected chi connectivity index (χ1v) is 13.5. The molecule has 0 aromatic heterocycles. The lowest BCUT2D eigenvalue weighted by molar-refractivity contribution is -0.114. The van der Waals surface area contributed by atoms with Crippen LogP contribution in [0.3, 0.4) is 0 Å². The second-order valence-electron chi connectivity index (χ2n) is 8.33. The monoisotopic (exact) mass is 555 g/mol. The van der Waals surface area contributed by atoms with Crippen molar-refractivity contribution in [2.24, 2.45) is 4.99 Å². The molecule has 3 aromatic carbocycles. The Morgan fingerprint density at radius 1 is 1.08 bits per heavy atom. The van der Waals surface area contributed by atoms with E-state index in [1.54, 1.807) is 30.3 Å². The minimum atomic E-state index is -0.576. The molecule has 0 saturated carbocycles. The fourth-order valence-electron chi connectivity index (χ4n) is 3.66. The number of nitrogens with one attached hydrogen (secondary N) is 1. The Hall–Kier alpha value is -3.13. The molecule has 0 radical (unpaired) electrons. The van der Waals surface area contributed by atoms with Crippen LogP contribution in [0, 0.1) is 5.82 Å². The Bertz CT molecular complexity index is 1380. The van der Waals surface area contributed by atoms with Crippen LogP contribution in [-0.4, -0.2) is 22.7 Å². The summed E-state index contributed by atoms with van der Waals surface area (Å²) in [5.74, 6) is -1.37. The smallest absolute Gasteiger partial charge is 0.283 e. The van der Waals surface area contributed by atoms with E-state index in [1.165, 1.54) is 28.7 Å². The second-order valence-corrected chi connectivity index (χ2v) is 10.1. The maximum absolute atomic E-state index is 14.6. The Balaban J connectivity index is 1.52. The van der Waals surface area contributed by atoms with Crippen LogP contribution in [0.1, 0.15) is 30.9 Å². The number of amides is 2. The van der Waals surface area contributed by atoms with Crippen LogP contribution in [0.25, 0.3) is 6.08 Å². The lowest BCUT2D eigenvalue weighted by atomic mass is 10.1. The Morgan fingerprint density at radius 3 is 2.54 bits per heavy atom. The molecule has 3 aromatic rings. The number of aliphatic imine (C=N–C) groups is 1. The van der Waals surface area contributed by atoms with Crippen LogP contribution in [-0.2, 0) is 16.0 Å². The lowest BCUT2D eigenvalue weighted by Gasteiger charge is -2.18. The molecule has 9 heteroatoms. The van der Waals surface area contributed by atoms with Crippen LogP contribution >= 0.6 is 35.0 Å². The van der Waals surface area contributed by atoms with E-state index in [9.17, 15) is 14.0 Å². The van der Waals surface area contributed by atoms with Crippen molar-refractivity contribution in [3.8, 4) is 0 Å². The van der Waals surface area contributed by atoms with Crippen LogP contribution < -0.4 is 10.2 Å². The predicted molar refractivity (Wildman–Crippen MR) is 152 cm³/mol. The normalized spacial score (nSPS) is 14.3. The predicted octanol–water partition coefficient (Wildman–Crippen LogP) is 7.59. The summed E-state index contributed by atoms with van der Waals surface area (Å²) in [6, 6.07) is 18.6. The molecule has 0 spiro atoms. The van der Waals surface area contributed by atoms with Crippen molar-refractivity contribution in [3.63, 3.8) is 0 Å². The van der Waals surface area contributed by atoms with Crippen molar-refractivity contribution in [3.05, 3.63) is 99.4 Å². The first-order valence-electron chi connectivity index (χ1n) is 11.7. The van der Waals surface area contributed by atoms with Gasteiger partial charge in [0.1, 0.15) is 11.5 Å². The van der Waals surface area contributed by atoms with Crippen LogP contribution in [0.2, 0.25) is 10.0 Å². The summed E-state index contributed by atoms with van der Waals surface area (Å²) in [6.45, 7) is 2.15. The summed E-state index contributed by atoms with van der Waals surface area (Å²) in [7, 11) is 0. The summed E-state index contributed by atoms with van der Waals surface area (Å²) in [4.78, 5) is 31.5. The van der Waals surface area contributed by atoms with Gasteiger partial charge < -0.3 is 5.32 Å². The van der Waals surface area contributed by atoms with E-state index >= 15 is 0 Å². The molecule has 37 heavy (non-hydrogen) atoms. The number of para-hydroxylation sites is 1. The number of rotatable bonds is 8. The van der Waals surface area contributed by atoms with E-state index in [0.29, 0.717) is 21.3 Å². The second kappa shape index (κ2) is 12.4. The molecule has 0 fully saturated rings.